The van der Waals surface area contributed by atoms with Gasteiger partial charge in [0.2, 0.25) is 23.6 Å². The maximum absolute atomic E-state index is 13.9. The smallest absolute Gasteiger partial charge is 0.249 e. The number of carbonyl (C=O) groups excluding carboxylic acids is 4. The molecule has 4 amide bonds. The average molecular weight is 588 g/mol. The second-order valence-corrected chi connectivity index (χ2v) is 11.2. The first-order valence-corrected chi connectivity index (χ1v) is 14.5. The van der Waals surface area contributed by atoms with Gasteiger partial charge in [-0.3, -0.25) is 24.2 Å². The number of carbonyl (C=O) groups is 4. The summed E-state index contributed by atoms with van der Waals surface area (Å²) >= 11 is 0. The Balaban J connectivity index is 1.31. The quantitative estimate of drug-likeness (QED) is 0.234. The summed E-state index contributed by atoms with van der Waals surface area (Å²) in [5.74, 6) is -1.87. The van der Waals surface area contributed by atoms with Gasteiger partial charge in [0.05, 0.1) is 23.9 Å². The molecule has 0 radical (unpaired) electrons. The Hall–Kier alpha value is -4.39. The van der Waals surface area contributed by atoms with Gasteiger partial charge in [-0.15, -0.1) is 0 Å². The highest BCUT2D eigenvalue weighted by Crippen LogP contribution is 2.27. The van der Waals surface area contributed by atoms with Crippen LogP contribution in [0.15, 0.2) is 66.9 Å². The summed E-state index contributed by atoms with van der Waals surface area (Å²) in [6.45, 7) is -0.0525. The van der Waals surface area contributed by atoms with E-state index >= 15 is 0 Å². The molecule has 2 aliphatic heterocycles. The highest BCUT2D eigenvalue weighted by atomic mass is 16.3. The van der Waals surface area contributed by atoms with Gasteiger partial charge in [0.1, 0.15) is 18.2 Å². The second-order valence-electron chi connectivity index (χ2n) is 11.2. The van der Waals surface area contributed by atoms with E-state index in [1.165, 1.54) is 9.80 Å². The largest absolute Gasteiger partial charge is 0.383 e. The summed E-state index contributed by atoms with van der Waals surface area (Å²) in [7, 11) is 0. The fourth-order valence-corrected chi connectivity index (χ4v) is 5.86. The topological polar surface area (TPSA) is 184 Å². The second kappa shape index (κ2) is 13.3. The van der Waals surface area contributed by atoms with E-state index in [1.54, 1.807) is 12.3 Å². The first-order chi connectivity index (χ1) is 20.7. The lowest BCUT2D eigenvalue weighted by Crippen LogP contribution is -2.53. The monoisotopic (exact) mass is 587 g/mol. The molecule has 12 heteroatoms. The van der Waals surface area contributed by atoms with Gasteiger partial charge < -0.3 is 37.0 Å². The van der Waals surface area contributed by atoms with Gasteiger partial charge in [-0.25, -0.2) is 0 Å². The molecule has 5 atom stereocenters. The minimum atomic E-state index is -1.26. The van der Waals surface area contributed by atoms with E-state index in [2.05, 4.69) is 15.6 Å². The van der Waals surface area contributed by atoms with Gasteiger partial charge in [0.15, 0.2) is 0 Å². The number of aromatic nitrogens is 1. The number of para-hydroxylation sites is 1. The van der Waals surface area contributed by atoms with Crippen LogP contribution in [0.25, 0.3) is 10.9 Å². The molecule has 2 saturated heterocycles. The van der Waals surface area contributed by atoms with Crippen molar-refractivity contribution in [3.63, 3.8) is 0 Å². The Morgan fingerprint density at radius 2 is 1.72 bits per heavy atom. The van der Waals surface area contributed by atoms with E-state index in [9.17, 15) is 24.3 Å². The molecule has 2 aromatic carbocycles. The standard InChI is InChI=1S/C31H37N7O5/c32-15-28(40)37-17-21(33)13-26(37)31(43)38-18-23(36-30(42)27(39)11-10-19-6-2-1-3-7-19)14-25(38)29(41)35-22-12-20-8-4-5-9-24(20)34-16-22/h1-9,12,16,21,23,25-27,39H,10-11,13-15,17-18,32-33H2,(H,35,41)(H,36,42). The molecule has 1 aromatic heterocycles. The number of nitrogens with one attached hydrogen (secondary N) is 2. The number of likely N-dealkylation sites (tertiary alicyclic amines) is 2. The molecule has 3 heterocycles. The number of rotatable bonds is 9. The average Bonchev–Trinajstić information content (AvgIpc) is 3.63. The number of hydrogen-bond donors (Lipinski definition) is 5. The Morgan fingerprint density at radius 1 is 0.977 bits per heavy atom. The number of benzene rings is 2. The van der Waals surface area contributed by atoms with Crippen LogP contribution in [0, 0.1) is 0 Å². The molecule has 5 rings (SSSR count). The molecule has 0 spiro atoms. The number of aliphatic hydroxyl groups excluding tert-OH is 1. The maximum Gasteiger partial charge on any atom is 0.249 e. The predicted molar refractivity (Wildman–Crippen MR) is 160 cm³/mol. The normalized spacial score (nSPS) is 22.4. The van der Waals surface area contributed by atoms with E-state index in [1.807, 2.05) is 54.6 Å². The van der Waals surface area contributed by atoms with Crippen molar-refractivity contribution >= 4 is 40.2 Å². The number of fused-ring (bicyclic) bond motifs is 1. The molecule has 12 nitrogen and oxygen atoms in total. The Labute approximate surface area is 249 Å². The van der Waals surface area contributed by atoms with Crippen LogP contribution in [-0.2, 0) is 25.6 Å². The molecular weight excluding hydrogens is 550 g/mol. The lowest BCUT2D eigenvalue weighted by atomic mass is 10.1. The molecular formula is C31H37N7O5. The van der Waals surface area contributed by atoms with Crippen LogP contribution < -0.4 is 22.1 Å². The number of aryl methyl sites for hydroxylation is 1. The van der Waals surface area contributed by atoms with Crippen LogP contribution in [0.5, 0.6) is 0 Å². The third-order valence-corrected chi connectivity index (χ3v) is 8.06. The SMILES string of the molecule is NCC(=O)N1CC(N)CC1C(=O)N1CC(NC(=O)C(O)CCc2ccccc2)CC1C(=O)Nc1cnc2ccccc2c1. The molecule has 0 aliphatic carbocycles. The Bertz CT molecular complexity index is 1490. The molecule has 0 bridgehead atoms. The lowest BCUT2D eigenvalue weighted by molar-refractivity contribution is -0.145. The molecule has 43 heavy (non-hydrogen) atoms. The minimum Gasteiger partial charge on any atom is -0.383 e. The fourth-order valence-electron chi connectivity index (χ4n) is 5.86. The van der Waals surface area contributed by atoms with Crippen LogP contribution in [0.3, 0.4) is 0 Å². The summed E-state index contributed by atoms with van der Waals surface area (Å²) in [5, 5.41) is 17.1. The number of aliphatic hydroxyl groups is 1. The van der Waals surface area contributed by atoms with Crippen molar-refractivity contribution in [2.24, 2.45) is 11.5 Å². The molecule has 3 aromatic rings. The van der Waals surface area contributed by atoms with Crippen LogP contribution in [0.2, 0.25) is 0 Å². The predicted octanol–water partition coefficient (Wildman–Crippen LogP) is 0.140. The van der Waals surface area contributed by atoms with E-state index in [0.29, 0.717) is 12.1 Å². The van der Waals surface area contributed by atoms with Gasteiger partial charge in [0.25, 0.3) is 0 Å². The van der Waals surface area contributed by atoms with Gasteiger partial charge in [-0.05, 0) is 43.4 Å². The molecule has 0 saturated carbocycles. The Morgan fingerprint density at radius 3 is 2.49 bits per heavy atom. The maximum atomic E-state index is 13.9. The van der Waals surface area contributed by atoms with Crippen molar-refractivity contribution in [1.82, 2.24) is 20.1 Å². The number of nitrogens with two attached hydrogens (primary N) is 2. The fraction of sp³-hybridized carbons (Fsp3) is 0.387. The first-order valence-electron chi connectivity index (χ1n) is 14.5. The van der Waals surface area contributed by atoms with Crippen molar-refractivity contribution < 1.29 is 24.3 Å². The highest BCUT2D eigenvalue weighted by molar-refractivity contribution is 6.00. The zero-order chi connectivity index (χ0) is 30.5. The zero-order valence-corrected chi connectivity index (χ0v) is 23.8. The molecule has 2 fully saturated rings. The van der Waals surface area contributed by atoms with E-state index in [0.717, 1.165) is 16.5 Å². The molecule has 2 aliphatic rings. The van der Waals surface area contributed by atoms with Gasteiger partial charge in [0, 0.05) is 30.6 Å². The number of hydrogen-bond acceptors (Lipinski definition) is 8. The van der Waals surface area contributed by atoms with E-state index in [-0.39, 0.29) is 38.9 Å². The van der Waals surface area contributed by atoms with Crippen molar-refractivity contribution in [2.45, 2.75) is 56.0 Å². The number of pyridine rings is 1. The van der Waals surface area contributed by atoms with Gasteiger partial charge in [-0.2, -0.15) is 0 Å². The lowest BCUT2D eigenvalue weighted by Gasteiger charge is -2.30. The summed E-state index contributed by atoms with van der Waals surface area (Å²) in [5.41, 5.74) is 13.9. The molecule has 226 valence electrons. The third-order valence-electron chi connectivity index (χ3n) is 8.06. The van der Waals surface area contributed by atoms with Crippen LogP contribution >= 0.6 is 0 Å². The summed E-state index contributed by atoms with van der Waals surface area (Å²) < 4.78 is 0. The van der Waals surface area contributed by atoms with Gasteiger partial charge >= 0.3 is 0 Å². The van der Waals surface area contributed by atoms with Crippen LogP contribution in [-0.4, -0.2) is 93.4 Å². The minimum absolute atomic E-state index is 0.0282. The van der Waals surface area contributed by atoms with E-state index in [4.69, 9.17) is 11.5 Å². The first kappa shape index (κ1) is 30.1. The summed E-state index contributed by atoms with van der Waals surface area (Å²) in [6, 6.07) is 16.0. The van der Waals surface area contributed by atoms with Gasteiger partial charge in [-0.1, -0.05) is 48.5 Å². The Kier molecular flexibility index (Phi) is 9.29. The van der Waals surface area contributed by atoms with Crippen molar-refractivity contribution in [3.8, 4) is 0 Å². The van der Waals surface area contributed by atoms with Crippen molar-refractivity contribution in [2.75, 3.05) is 25.0 Å². The third kappa shape index (κ3) is 6.99. The van der Waals surface area contributed by atoms with Crippen molar-refractivity contribution in [3.05, 3.63) is 72.4 Å². The van der Waals surface area contributed by atoms with Crippen molar-refractivity contribution in [1.29, 1.82) is 0 Å². The summed E-state index contributed by atoms with van der Waals surface area (Å²) in [6.07, 6.45) is 1.38. The highest BCUT2D eigenvalue weighted by Gasteiger charge is 2.46. The van der Waals surface area contributed by atoms with E-state index < -0.39 is 53.9 Å². The molecule has 7 N–H and O–H groups in total. The number of nitrogens with zero attached hydrogens (tertiary/aromatic N) is 3. The molecule has 5 unspecified atom stereocenters. The summed E-state index contributed by atoms with van der Waals surface area (Å²) in [4.78, 5) is 60.1. The number of amides is 4. The number of anilines is 1. The van der Waals surface area contributed by atoms with Crippen LogP contribution in [0.4, 0.5) is 5.69 Å². The van der Waals surface area contributed by atoms with Crippen LogP contribution in [0.1, 0.15) is 24.8 Å². The zero-order valence-electron chi connectivity index (χ0n) is 23.8.